The summed E-state index contributed by atoms with van der Waals surface area (Å²) < 4.78 is 10.9. The van der Waals surface area contributed by atoms with E-state index >= 15 is 0 Å². The second-order valence-corrected chi connectivity index (χ2v) is 6.22. The van der Waals surface area contributed by atoms with Crippen LogP contribution in [-0.2, 0) is 6.54 Å². The molecule has 0 amide bonds. The number of likely N-dealkylation sites (tertiary alicyclic amines) is 1. The van der Waals surface area contributed by atoms with Gasteiger partial charge in [-0.05, 0) is 62.7 Å². The van der Waals surface area contributed by atoms with E-state index in [4.69, 9.17) is 9.26 Å². The lowest BCUT2D eigenvalue weighted by Crippen LogP contribution is -2.23. The molecule has 1 atom stereocenters. The van der Waals surface area contributed by atoms with Crippen molar-refractivity contribution in [2.45, 2.75) is 32.4 Å². The molecule has 0 radical (unpaired) electrons. The van der Waals surface area contributed by atoms with Gasteiger partial charge < -0.3 is 14.2 Å². The van der Waals surface area contributed by atoms with E-state index in [1.165, 1.54) is 12.1 Å². The first-order valence-corrected chi connectivity index (χ1v) is 8.76. The maximum Gasteiger partial charge on any atom is 0.241 e. The zero-order valence-electron chi connectivity index (χ0n) is 14.3. The normalized spacial score (nSPS) is 17.9. The smallest absolute Gasteiger partial charge is 0.241 e. The van der Waals surface area contributed by atoms with Gasteiger partial charge in [0.2, 0.25) is 11.7 Å². The maximum atomic E-state index is 5.48. The Hall–Kier alpha value is -2.60. The quantitative estimate of drug-likeness (QED) is 0.740. The van der Waals surface area contributed by atoms with Crippen LogP contribution in [0.25, 0.3) is 11.4 Å². The molecule has 3 aromatic rings. The van der Waals surface area contributed by atoms with Gasteiger partial charge in [0, 0.05) is 17.5 Å². The second-order valence-electron chi connectivity index (χ2n) is 6.22. The largest absolute Gasteiger partial charge is 0.494 e. The summed E-state index contributed by atoms with van der Waals surface area (Å²) in [4.78, 5) is 10.3. The van der Waals surface area contributed by atoms with Crippen molar-refractivity contribution in [2.75, 3.05) is 13.2 Å². The number of aromatic nitrogens is 3. The first-order chi connectivity index (χ1) is 12.3. The summed E-state index contributed by atoms with van der Waals surface area (Å²) >= 11 is 0. The summed E-state index contributed by atoms with van der Waals surface area (Å²) in [6.07, 6.45) is 4.31. The predicted molar refractivity (Wildman–Crippen MR) is 94.1 cm³/mol. The lowest BCUT2D eigenvalue weighted by Gasteiger charge is -2.21. The molecule has 0 unspecified atom stereocenters. The number of aromatic amines is 1. The van der Waals surface area contributed by atoms with Gasteiger partial charge in [0.15, 0.2) is 0 Å². The van der Waals surface area contributed by atoms with Crippen molar-refractivity contribution in [1.82, 2.24) is 20.0 Å². The molecular formula is C19H22N4O2. The van der Waals surface area contributed by atoms with Crippen LogP contribution in [-0.4, -0.2) is 33.2 Å². The molecule has 1 N–H and O–H groups in total. The Morgan fingerprint density at radius 3 is 2.92 bits per heavy atom. The van der Waals surface area contributed by atoms with E-state index in [2.05, 4.69) is 26.1 Å². The van der Waals surface area contributed by atoms with Crippen molar-refractivity contribution in [2.24, 2.45) is 0 Å². The Kier molecular flexibility index (Phi) is 4.52. The summed E-state index contributed by atoms with van der Waals surface area (Å²) in [5.41, 5.74) is 2.18. The van der Waals surface area contributed by atoms with Gasteiger partial charge in [0.1, 0.15) is 5.75 Å². The Morgan fingerprint density at radius 1 is 1.28 bits per heavy atom. The van der Waals surface area contributed by atoms with E-state index in [0.29, 0.717) is 30.9 Å². The van der Waals surface area contributed by atoms with Gasteiger partial charge in [-0.25, -0.2) is 0 Å². The Balaban J connectivity index is 1.46. The van der Waals surface area contributed by atoms with Crippen LogP contribution in [0.1, 0.15) is 37.4 Å². The summed E-state index contributed by atoms with van der Waals surface area (Å²) in [6.45, 7) is 4.35. The van der Waals surface area contributed by atoms with Crippen LogP contribution >= 0.6 is 0 Å². The highest BCUT2D eigenvalue weighted by atomic mass is 16.5. The summed E-state index contributed by atoms with van der Waals surface area (Å²) in [6, 6.07) is 12.3. The molecule has 0 saturated carbocycles. The molecule has 1 aromatic carbocycles. The van der Waals surface area contributed by atoms with E-state index in [1.54, 1.807) is 0 Å². The fourth-order valence-electron chi connectivity index (χ4n) is 3.40. The standard InChI is InChI=1S/C19H22N4O2/c1-2-24-15-9-7-14(8-10-15)19-21-18(25-22-19)13-23-12-4-6-17(23)16-5-3-11-20-16/h3,5,7-11,17,20H,2,4,6,12-13H2,1H3/t17-/m1/s1. The Bertz CT molecular complexity index is 795. The van der Waals surface area contributed by atoms with Crippen molar-refractivity contribution >= 4 is 0 Å². The molecule has 0 aliphatic carbocycles. The highest BCUT2D eigenvalue weighted by Crippen LogP contribution is 2.32. The monoisotopic (exact) mass is 338 g/mol. The van der Waals surface area contributed by atoms with Crippen LogP contribution in [0.15, 0.2) is 47.1 Å². The van der Waals surface area contributed by atoms with Crippen LogP contribution in [0.3, 0.4) is 0 Å². The number of benzene rings is 1. The molecule has 6 heteroatoms. The number of H-pyrrole nitrogens is 1. The molecule has 0 spiro atoms. The predicted octanol–water partition coefficient (Wildman–Crippen LogP) is 3.80. The van der Waals surface area contributed by atoms with Crippen LogP contribution in [0, 0.1) is 0 Å². The fraction of sp³-hybridized carbons (Fsp3) is 0.368. The number of hydrogen-bond donors (Lipinski definition) is 1. The lowest BCUT2D eigenvalue weighted by atomic mass is 10.1. The zero-order valence-corrected chi connectivity index (χ0v) is 14.3. The minimum atomic E-state index is 0.399. The van der Waals surface area contributed by atoms with E-state index < -0.39 is 0 Å². The fourth-order valence-corrected chi connectivity index (χ4v) is 3.40. The topological polar surface area (TPSA) is 67.2 Å². The minimum Gasteiger partial charge on any atom is -0.494 e. The van der Waals surface area contributed by atoms with E-state index in [0.717, 1.165) is 24.3 Å². The molecule has 1 fully saturated rings. The summed E-state index contributed by atoms with van der Waals surface area (Å²) in [5, 5.41) is 4.13. The number of nitrogens with zero attached hydrogens (tertiary/aromatic N) is 3. The zero-order chi connectivity index (χ0) is 17.1. The van der Waals surface area contributed by atoms with Crippen molar-refractivity contribution < 1.29 is 9.26 Å². The molecule has 0 bridgehead atoms. The third-order valence-corrected chi connectivity index (χ3v) is 4.57. The number of nitrogens with one attached hydrogen (secondary N) is 1. The first kappa shape index (κ1) is 15.9. The maximum absolute atomic E-state index is 5.48. The molecular weight excluding hydrogens is 316 g/mol. The van der Waals surface area contributed by atoms with Gasteiger partial charge in [-0.3, -0.25) is 4.90 Å². The number of hydrogen-bond acceptors (Lipinski definition) is 5. The van der Waals surface area contributed by atoms with E-state index in [9.17, 15) is 0 Å². The summed E-state index contributed by atoms with van der Waals surface area (Å²) in [7, 11) is 0. The SMILES string of the molecule is CCOc1ccc(-c2noc(CN3CCC[C@@H]3c3ccc[nH]3)n2)cc1. The van der Waals surface area contributed by atoms with Crippen LogP contribution in [0.4, 0.5) is 0 Å². The van der Waals surface area contributed by atoms with Crippen LogP contribution in [0.2, 0.25) is 0 Å². The van der Waals surface area contributed by atoms with Gasteiger partial charge in [-0.2, -0.15) is 4.98 Å². The lowest BCUT2D eigenvalue weighted by molar-refractivity contribution is 0.210. The molecule has 2 aromatic heterocycles. The minimum absolute atomic E-state index is 0.399. The molecule has 4 rings (SSSR count). The summed E-state index contributed by atoms with van der Waals surface area (Å²) in [5.74, 6) is 2.12. The van der Waals surface area contributed by atoms with Crippen molar-refractivity contribution in [1.29, 1.82) is 0 Å². The Labute approximate surface area is 146 Å². The third-order valence-electron chi connectivity index (χ3n) is 4.57. The first-order valence-electron chi connectivity index (χ1n) is 8.76. The third kappa shape index (κ3) is 3.44. The van der Waals surface area contributed by atoms with Crippen molar-refractivity contribution in [3.8, 4) is 17.1 Å². The highest BCUT2D eigenvalue weighted by molar-refractivity contribution is 5.55. The molecule has 1 aliphatic rings. The van der Waals surface area contributed by atoms with Gasteiger partial charge >= 0.3 is 0 Å². The van der Waals surface area contributed by atoms with E-state index in [1.807, 2.05) is 43.5 Å². The Morgan fingerprint density at radius 2 is 2.16 bits per heavy atom. The van der Waals surface area contributed by atoms with Crippen molar-refractivity contribution in [3.05, 3.63) is 54.2 Å². The van der Waals surface area contributed by atoms with Gasteiger partial charge in [-0.1, -0.05) is 5.16 Å². The molecule has 25 heavy (non-hydrogen) atoms. The number of ether oxygens (including phenoxy) is 1. The average Bonchev–Trinajstić information content (AvgIpc) is 3.38. The average molecular weight is 338 g/mol. The number of rotatable bonds is 6. The van der Waals surface area contributed by atoms with Gasteiger partial charge in [0.25, 0.3) is 0 Å². The van der Waals surface area contributed by atoms with Gasteiger partial charge in [-0.15, -0.1) is 0 Å². The molecule has 3 heterocycles. The molecule has 1 saturated heterocycles. The molecule has 6 nitrogen and oxygen atoms in total. The highest BCUT2D eigenvalue weighted by Gasteiger charge is 2.28. The molecule has 130 valence electrons. The van der Waals surface area contributed by atoms with Crippen LogP contribution < -0.4 is 4.74 Å². The van der Waals surface area contributed by atoms with Crippen molar-refractivity contribution in [3.63, 3.8) is 0 Å². The van der Waals surface area contributed by atoms with Crippen LogP contribution in [0.5, 0.6) is 5.75 Å². The van der Waals surface area contributed by atoms with Gasteiger partial charge in [0.05, 0.1) is 19.2 Å². The molecule has 1 aliphatic heterocycles. The van der Waals surface area contributed by atoms with E-state index in [-0.39, 0.29) is 0 Å². The second kappa shape index (κ2) is 7.11.